The molecule has 1 aromatic carbocycles. The average molecular weight is 526 g/mol. The standard InChI is InChI=1S/C21H19BrF3N5OS/c1-11-14(32-18(27-11)12-5-7-13(8-6-12)21(23,24)25)9-29-10-26-17-15(19(29)31)16(22)28-30(17)20(2,3)4/h5-8,10H,9H2,1-4H3. The van der Waals surface area contributed by atoms with E-state index in [-0.39, 0.29) is 17.6 Å². The number of aromatic nitrogens is 5. The summed E-state index contributed by atoms with van der Waals surface area (Å²) in [5.74, 6) is 0. The van der Waals surface area contributed by atoms with Gasteiger partial charge in [0.05, 0.1) is 23.3 Å². The Kier molecular flexibility index (Phi) is 5.52. The van der Waals surface area contributed by atoms with E-state index in [2.05, 4.69) is 31.0 Å². The number of alkyl halides is 3. The molecule has 32 heavy (non-hydrogen) atoms. The molecule has 0 bridgehead atoms. The summed E-state index contributed by atoms with van der Waals surface area (Å²) in [4.78, 5) is 22.9. The molecule has 0 aliphatic heterocycles. The van der Waals surface area contributed by atoms with Gasteiger partial charge in [-0.05, 0) is 55.8 Å². The zero-order chi connectivity index (χ0) is 23.4. The van der Waals surface area contributed by atoms with Crippen LogP contribution in [-0.4, -0.2) is 24.3 Å². The number of nitrogens with zero attached hydrogens (tertiary/aromatic N) is 5. The molecule has 6 nitrogen and oxygen atoms in total. The van der Waals surface area contributed by atoms with Crippen LogP contribution in [0.15, 0.2) is 40.0 Å². The van der Waals surface area contributed by atoms with Gasteiger partial charge in [-0.2, -0.15) is 18.3 Å². The zero-order valence-electron chi connectivity index (χ0n) is 17.7. The van der Waals surface area contributed by atoms with Gasteiger partial charge in [0.25, 0.3) is 5.56 Å². The summed E-state index contributed by atoms with van der Waals surface area (Å²) < 4.78 is 42.1. The van der Waals surface area contributed by atoms with Crippen LogP contribution in [0.3, 0.4) is 0 Å². The minimum atomic E-state index is -4.38. The summed E-state index contributed by atoms with van der Waals surface area (Å²) >= 11 is 4.71. The van der Waals surface area contributed by atoms with Gasteiger partial charge in [-0.1, -0.05) is 12.1 Å². The topological polar surface area (TPSA) is 65.6 Å². The smallest absolute Gasteiger partial charge is 0.293 e. The van der Waals surface area contributed by atoms with E-state index >= 15 is 0 Å². The van der Waals surface area contributed by atoms with Crippen molar-refractivity contribution in [3.63, 3.8) is 0 Å². The Morgan fingerprint density at radius 2 is 1.78 bits per heavy atom. The number of benzene rings is 1. The molecule has 0 atom stereocenters. The lowest BCUT2D eigenvalue weighted by Gasteiger charge is -2.19. The second kappa shape index (κ2) is 7.80. The maximum atomic E-state index is 13.1. The first kappa shape index (κ1) is 22.7. The summed E-state index contributed by atoms with van der Waals surface area (Å²) in [7, 11) is 0. The lowest BCUT2D eigenvalue weighted by molar-refractivity contribution is -0.137. The Bertz CT molecular complexity index is 1360. The molecule has 0 saturated carbocycles. The number of hydrogen-bond donors (Lipinski definition) is 0. The monoisotopic (exact) mass is 525 g/mol. The van der Waals surface area contributed by atoms with Crippen LogP contribution in [0.1, 0.15) is 36.9 Å². The molecule has 4 rings (SSSR count). The van der Waals surface area contributed by atoms with Crippen LogP contribution in [0, 0.1) is 6.92 Å². The van der Waals surface area contributed by atoms with Crippen molar-refractivity contribution in [2.24, 2.45) is 0 Å². The minimum Gasteiger partial charge on any atom is -0.293 e. The fraction of sp³-hybridized carbons (Fsp3) is 0.333. The molecule has 0 spiro atoms. The van der Waals surface area contributed by atoms with Crippen LogP contribution in [-0.2, 0) is 18.3 Å². The van der Waals surface area contributed by atoms with E-state index in [0.29, 0.717) is 31.9 Å². The van der Waals surface area contributed by atoms with Gasteiger partial charge in [-0.3, -0.25) is 9.36 Å². The molecule has 0 aliphatic carbocycles. The quantitative estimate of drug-likeness (QED) is 0.348. The zero-order valence-corrected chi connectivity index (χ0v) is 20.1. The van der Waals surface area contributed by atoms with Crippen LogP contribution < -0.4 is 5.56 Å². The molecule has 0 amide bonds. The number of rotatable bonds is 3. The third-order valence-electron chi connectivity index (χ3n) is 4.91. The van der Waals surface area contributed by atoms with Crippen LogP contribution in [0.25, 0.3) is 21.6 Å². The van der Waals surface area contributed by atoms with Crippen molar-refractivity contribution in [2.45, 2.75) is 46.0 Å². The number of thiazole rings is 1. The van der Waals surface area contributed by atoms with Crippen molar-refractivity contribution < 1.29 is 13.2 Å². The van der Waals surface area contributed by atoms with Crippen LogP contribution in [0.5, 0.6) is 0 Å². The summed E-state index contributed by atoms with van der Waals surface area (Å²) in [5.41, 5.74) is 0.509. The molecule has 11 heteroatoms. The first-order chi connectivity index (χ1) is 14.9. The van der Waals surface area contributed by atoms with E-state index in [1.165, 1.54) is 34.4 Å². The van der Waals surface area contributed by atoms with E-state index in [9.17, 15) is 18.0 Å². The Morgan fingerprint density at radius 1 is 1.12 bits per heavy atom. The Hall–Kier alpha value is -2.53. The summed E-state index contributed by atoms with van der Waals surface area (Å²) in [6, 6.07) is 4.89. The van der Waals surface area contributed by atoms with Crippen molar-refractivity contribution in [1.29, 1.82) is 0 Å². The Balaban J connectivity index is 1.68. The van der Waals surface area contributed by atoms with Gasteiger partial charge >= 0.3 is 6.18 Å². The largest absolute Gasteiger partial charge is 0.416 e. The molecule has 0 radical (unpaired) electrons. The molecular weight excluding hydrogens is 507 g/mol. The number of aryl methyl sites for hydroxylation is 1. The Morgan fingerprint density at radius 3 is 2.38 bits per heavy atom. The fourth-order valence-electron chi connectivity index (χ4n) is 3.24. The van der Waals surface area contributed by atoms with Gasteiger partial charge in [0.15, 0.2) is 5.65 Å². The first-order valence-corrected chi connectivity index (χ1v) is 11.3. The highest BCUT2D eigenvalue weighted by molar-refractivity contribution is 9.10. The first-order valence-electron chi connectivity index (χ1n) is 9.64. The van der Waals surface area contributed by atoms with E-state index in [4.69, 9.17) is 0 Å². The van der Waals surface area contributed by atoms with Crippen molar-refractivity contribution in [1.82, 2.24) is 24.3 Å². The molecule has 3 aromatic heterocycles. The van der Waals surface area contributed by atoms with Gasteiger partial charge in [0.2, 0.25) is 0 Å². The molecule has 4 aromatic rings. The highest BCUT2D eigenvalue weighted by Crippen LogP contribution is 2.33. The molecule has 0 saturated heterocycles. The predicted molar refractivity (Wildman–Crippen MR) is 121 cm³/mol. The predicted octanol–water partition coefficient (Wildman–Crippen LogP) is 5.61. The summed E-state index contributed by atoms with van der Waals surface area (Å²) in [6.07, 6.45) is -2.90. The number of fused-ring (bicyclic) bond motifs is 1. The van der Waals surface area contributed by atoms with Gasteiger partial charge < -0.3 is 0 Å². The molecular formula is C21H19BrF3N5OS. The van der Waals surface area contributed by atoms with Gasteiger partial charge in [-0.15, -0.1) is 11.3 Å². The highest BCUT2D eigenvalue weighted by atomic mass is 79.9. The normalized spacial score (nSPS) is 12.6. The fourth-order valence-corrected chi connectivity index (χ4v) is 4.81. The maximum absolute atomic E-state index is 13.1. The van der Waals surface area contributed by atoms with Crippen molar-refractivity contribution in [2.75, 3.05) is 0 Å². The van der Waals surface area contributed by atoms with Gasteiger partial charge in [-0.25, -0.2) is 14.6 Å². The average Bonchev–Trinajstić information content (AvgIpc) is 3.24. The lowest BCUT2D eigenvalue weighted by atomic mass is 10.1. The van der Waals surface area contributed by atoms with Crippen LogP contribution in [0.2, 0.25) is 0 Å². The van der Waals surface area contributed by atoms with Gasteiger partial charge in [0.1, 0.15) is 21.3 Å². The summed E-state index contributed by atoms with van der Waals surface area (Å²) in [5, 5.41) is 5.41. The van der Waals surface area contributed by atoms with Gasteiger partial charge in [0, 0.05) is 10.4 Å². The van der Waals surface area contributed by atoms with Crippen molar-refractivity contribution >= 4 is 38.3 Å². The number of halogens is 4. The SMILES string of the molecule is Cc1nc(-c2ccc(C(F)(F)F)cc2)sc1Cn1cnc2c(c(Br)nn2C(C)(C)C)c1=O. The summed E-state index contributed by atoms with van der Waals surface area (Å²) in [6.45, 7) is 7.98. The Labute approximate surface area is 193 Å². The molecule has 0 aliphatic rings. The molecule has 0 unspecified atom stereocenters. The second-order valence-corrected chi connectivity index (χ2v) is 10.2. The highest BCUT2D eigenvalue weighted by Gasteiger charge is 2.30. The maximum Gasteiger partial charge on any atom is 0.416 e. The van der Waals surface area contributed by atoms with Crippen molar-refractivity contribution in [3.8, 4) is 10.6 Å². The molecule has 0 fully saturated rings. The number of hydrogen-bond acceptors (Lipinski definition) is 5. The third-order valence-corrected chi connectivity index (χ3v) is 6.66. The van der Waals surface area contributed by atoms with E-state index in [1.807, 2.05) is 27.7 Å². The molecule has 3 heterocycles. The minimum absolute atomic E-state index is 0.235. The van der Waals surface area contributed by atoms with Crippen LogP contribution >= 0.6 is 27.3 Å². The molecule has 168 valence electrons. The third kappa shape index (κ3) is 4.11. The molecule has 0 N–H and O–H groups in total. The lowest BCUT2D eigenvalue weighted by Crippen LogP contribution is -2.25. The van der Waals surface area contributed by atoms with E-state index in [0.717, 1.165) is 17.0 Å². The van der Waals surface area contributed by atoms with Crippen molar-refractivity contribution in [3.05, 3.63) is 61.7 Å². The van der Waals surface area contributed by atoms with Crippen LogP contribution in [0.4, 0.5) is 13.2 Å². The second-order valence-electron chi connectivity index (χ2n) is 8.35. The van der Waals surface area contributed by atoms with E-state index in [1.54, 1.807) is 4.68 Å². The van der Waals surface area contributed by atoms with E-state index < -0.39 is 11.7 Å².